The molecule has 4 rings (SSSR count). The van der Waals surface area contributed by atoms with E-state index in [1.54, 1.807) is 0 Å². The molecule has 1 amide bonds. The Hall–Kier alpha value is -2.99. The molecule has 0 spiro atoms. The van der Waals surface area contributed by atoms with Gasteiger partial charge in [0.2, 0.25) is 0 Å². The van der Waals surface area contributed by atoms with Crippen LogP contribution in [0.15, 0.2) is 60.9 Å². The number of nitrogens with zero attached hydrogens (tertiary/aromatic N) is 3. The lowest BCUT2D eigenvalue weighted by atomic mass is 9.80. The Morgan fingerprint density at radius 1 is 1.15 bits per heavy atom. The Balaban J connectivity index is 1.52. The number of hydrogen-bond acceptors (Lipinski definition) is 4. The van der Waals surface area contributed by atoms with Gasteiger partial charge in [0.15, 0.2) is 5.82 Å². The van der Waals surface area contributed by atoms with Gasteiger partial charge in [-0.25, -0.2) is 4.98 Å². The minimum Gasteiger partial charge on any atom is -0.395 e. The molecule has 1 fully saturated rings. The molecule has 3 aromatic rings. The van der Waals surface area contributed by atoms with Crippen molar-refractivity contribution < 1.29 is 9.90 Å². The van der Waals surface area contributed by atoms with Gasteiger partial charge in [0.05, 0.1) is 6.61 Å². The Bertz CT molecular complexity index is 878. The average molecular weight is 348 g/mol. The maximum Gasteiger partial charge on any atom is 0.253 e. The van der Waals surface area contributed by atoms with E-state index >= 15 is 0 Å². The van der Waals surface area contributed by atoms with E-state index in [2.05, 4.69) is 15.2 Å². The van der Waals surface area contributed by atoms with Crippen molar-refractivity contribution in [3.63, 3.8) is 0 Å². The number of benzene rings is 2. The van der Waals surface area contributed by atoms with Crippen LogP contribution in [0.1, 0.15) is 22.3 Å². The molecule has 0 aliphatic carbocycles. The second-order valence-corrected chi connectivity index (χ2v) is 6.69. The quantitative estimate of drug-likeness (QED) is 0.758. The molecule has 2 heterocycles. The van der Waals surface area contributed by atoms with Gasteiger partial charge in [-0.05, 0) is 24.1 Å². The minimum atomic E-state index is -0.378. The van der Waals surface area contributed by atoms with Crippen molar-refractivity contribution in [2.45, 2.75) is 11.8 Å². The first kappa shape index (κ1) is 16.5. The van der Waals surface area contributed by atoms with Crippen LogP contribution >= 0.6 is 0 Å². The molecular formula is C20H20N4O2. The smallest absolute Gasteiger partial charge is 0.253 e. The van der Waals surface area contributed by atoms with Crippen molar-refractivity contribution in [1.82, 2.24) is 20.1 Å². The van der Waals surface area contributed by atoms with Crippen LogP contribution in [0.4, 0.5) is 0 Å². The predicted molar refractivity (Wildman–Crippen MR) is 97.5 cm³/mol. The SMILES string of the molecule is O=C(c1ccc(-c2ncn[nH]2)cc1)N1CCC(CO)(c2ccccc2)C1. The second kappa shape index (κ2) is 6.72. The van der Waals surface area contributed by atoms with Crippen LogP contribution in [0.2, 0.25) is 0 Å². The standard InChI is InChI=1S/C20H20N4O2/c25-13-20(17-4-2-1-3-5-17)10-11-24(12-20)19(26)16-8-6-15(7-9-16)18-21-14-22-23-18/h1-9,14,25H,10-13H2,(H,21,22,23). The molecule has 0 radical (unpaired) electrons. The third-order valence-electron chi connectivity index (χ3n) is 5.15. The number of amides is 1. The Morgan fingerprint density at radius 3 is 2.58 bits per heavy atom. The number of aromatic nitrogens is 3. The summed E-state index contributed by atoms with van der Waals surface area (Å²) in [6, 6.07) is 17.3. The molecule has 2 N–H and O–H groups in total. The van der Waals surface area contributed by atoms with E-state index in [9.17, 15) is 9.90 Å². The van der Waals surface area contributed by atoms with Gasteiger partial charge in [-0.3, -0.25) is 9.89 Å². The van der Waals surface area contributed by atoms with Crippen molar-refractivity contribution >= 4 is 5.91 Å². The van der Waals surface area contributed by atoms with Crippen molar-refractivity contribution in [2.75, 3.05) is 19.7 Å². The first-order chi connectivity index (χ1) is 12.7. The number of aliphatic hydroxyl groups excluding tert-OH is 1. The van der Waals surface area contributed by atoms with Gasteiger partial charge in [-0.1, -0.05) is 42.5 Å². The summed E-state index contributed by atoms with van der Waals surface area (Å²) in [7, 11) is 0. The zero-order valence-electron chi connectivity index (χ0n) is 14.3. The van der Waals surface area contributed by atoms with Gasteiger partial charge in [-0.15, -0.1) is 0 Å². The highest BCUT2D eigenvalue weighted by Crippen LogP contribution is 2.34. The van der Waals surface area contributed by atoms with Crippen molar-refractivity contribution in [3.8, 4) is 11.4 Å². The number of H-pyrrole nitrogens is 1. The van der Waals surface area contributed by atoms with E-state index in [1.807, 2.05) is 59.5 Å². The fourth-order valence-electron chi connectivity index (χ4n) is 3.59. The monoisotopic (exact) mass is 348 g/mol. The highest BCUT2D eigenvalue weighted by Gasteiger charge is 2.41. The Kier molecular flexibility index (Phi) is 4.26. The van der Waals surface area contributed by atoms with Gasteiger partial charge in [0, 0.05) is 29.6 Å². The van der Waals surface area contributed by atoms with Gasteiger partial charge >= 0.3 is 0 Å². The van der Waals surface area contributed by atoms with E-state index in [0.717, 1.165) is 17.5 Å². The number of aromatic amines is 1. The summed E-state index contributed by atoms with van der Waals surface area (Å²) < 4.78 is 0. The number of carbonyl (C=O) groups is 1. The van der Waals surface area contributed by atoms with Crippen LogP contribution in [0.25, 0.3) is 11.4 Å². The summed E-state index contributed by atoms with van der Waals surface area (Å²) in [4.78, 5) is 18.8. The highest BCUT2D eigenvalue weighted by molar-refractivity contribution is 5.95. The molecule has 0 bridgehead atoms. The normalized spacial score (nSPS) is 19.7. The number of aliphatic hydroxyl groups is 1. The lowest BCUT2D eigenvalue weighted by Gasteiger charge is -2.27. The van der Waals surface area contributed by atoms with E-state index in [1.165, 1.54) is 6.33 Å². The summed E-state index contributed by atoms with van der Waals surface area (Å²) >= 11 is 0. The zero-order chi connectivity index (χ0) is 18.0. The molecule has 26 heavy (non-hydrogen) atoms. The zero-order valence-corrected chi connectivity index (χ0v) is 14.3. The molecule has 1 saturated heterocycles. The lowest BCUT2D eigenvalue weighted by molar-refractivity contribution is 0.0774. The first-order valence-electron chi connectivity index (χ1n) is 8.63. The third kappa shape index (κ3) is 2.88. The molecular weight excluding hydrogens is 328 g/mol. The molecule has 0 saturated carbocycles. The largest absolute Gasteiger partial charge is 0.395 e. The number of carbonyl (C=O) groups excluding carboxylic acids is 1. The van der Waals surface area contributed by atoms with Gasteiger partial charge in [0.25, 0.3) is 5.91 Å². The molecule has 1 unspecified atom stereocenters. The maximum atomic E-state index is 12.9. The van der Waals surface area contributed by atoms with Gasteiger partial charge in [-0.2, -0.15) is 5.10 Å². The molecule has 132 valence electrons. The lowest BCUT2D eigenvalue weighted by Crippen LogP contribution is -2.37. The van der Waals surface area contributed by atoms with E-state index in [-0.39, 0.29) is 17.9 Å². The molecule has 6 nitrogen and oxygen atoms in total. The van der Waals surface area contributed by atoms with Gasteiger partial charge in [0.1, 0.15) is 6.33 Å². The average Bonchev–Trinajstić information content (AvgIpc) is 3.39. The van der Waals surface area contributed by atoms with Crippen LogP contribution in [-0.2, 0) is 5.41 Å². The molecule has 2 aromatic carbocycles. The maximum absolute atomic E-state index is 12.9. The fourth-order valence-corrected chi connectivity index (χ4v) is 3.59. The van der Waals surface area contributed by atoms with Crippen LogP contribution in [0, 0.1) is 0 Å². The molecule has 1 aromatic heterocycles. The summed E-state index contributed by atoms with van der Waals surface area (Å²) in [6.45, 7) is 1.19. The van der Waals surface area contributed by atoms with Crippen molar-refractivity contribution in [3.05, 3.63) is 72.1 Å². The fraction of sp³-hybridized carbons (Fsp3) is 0.250. The predicted octanol–water partition coefficient (Wildman–Crippen LogP) is 2.25. The Labute approximate surface area is 151 Å². The summed E-state index contributed by atoms with van der Waals surface area (Å²) in [5, 5.41) is 16.7. The number of rotatable bonds is 4. The highest BCUT2D eigenvalue weighted by atomic mass is 16.3. The van der Waals surface area contributed by atoms with E-state index < -0.39 is 0 Å². The van der Waals surface area contributed by atoms with Crippen LogP contribution < -0.4 is 0 Å². The van der Waals surface area contributed by atoms with Crippen LogP contribution in [0.3, 0.4) is 0 Å². The van der Waals surface area contributed by atoms with Crippen LogP contribution in [0.5, 0.6) is 0 Å². The number of nitrogens with one attached hydrogen (secondary N) is 1. The van der Waals surface area contributed by atoms with E-state index in [4.69, 9.17) is 0 Å². The number of hydrogen-bond donors (Lipinski definition) is 2. The molecule has 6 heteroatoms. The van der Waals surface area contributed by atoms with Crippen LogP contribution in [-0.4, -0.2) is 50.8 Å². The number of likely N-dealkylation sites (tertiary alicyclic amines) is 1. The Morgan fingerprint density at radius 2 is 1.92 bits per heavy atom. The van der Waals surface area contributed by atoms with Crippen molar-refractivity contribution in [2.24, 2.45) is 0 Å². The summed E-state index contributed by atoms with van der Waals surface area (Å²) in [6.07, 6.45) is 2.21. The molecule has 1 atom stereocenters. The molecule has 1 aliphatic rings. The second-order valence-electron chi connectivity index (χ2n) is 6.69. The first-order valence-corrected chi connectivity index (χ1v) is 8.63. The topological polar surface area (TPSA) is 82.1 Å². The third-order valence-corrected chi connectivity index (χ3v) is 5.15. The minimum absolute atomic E-state index is 0.0135. The van der Waals surface area contributed by atoms with Crippen molar-refractivity contribution in [1.29, 1.82) is 0 Å². The summed E-state index contributed by atoms with van der Waals surface area (Å²) in [5.41, 5.74) is 2.22. The van der Waals surface area contributed by atoms with Gasteiger partial charge < -0.3 is 10.0 Å². The molecule has 1 aliphatic heterocycles. The van der Waals surface area contributed by atoms with E-state index in [0.29, 0.717) is 24.5 Å². The summed E-state index contributed by atoms with van der Waals surface area (Å²) in [5.74, 6) is 0.661.